The first-order chi connectivity index (χ1) is 9.61. The molecule has 0 aliphatic heterocycles. The molecule has 1 aromatic heterocycles. The molecule has 1 aromatic rings. The molecule has 2 unspecified atom stereocenters. The van der Waals surface area contributed by atoms with E-state index >= 15 is 0 Å². The Balaban J connectivity index is 2.09. The fourth-order valence-corrected chi connectivity index (χ4v) is 3.29. The fourth-order valence-electron chi connectivity index (χ4n) is 3.29. The van der Waals surface area contributed by atoms with Crippen LogP contribution in [0.3, 0.4) is 0 Å². The van der Waals surface area contributed by atoms with E-state index in [-0.39, 0.29) is 6.04 Å². The highest BCUT2D eigenvalue weighted by Gasteiger charge is 2.23. The van der Waals surface area contributed by atoms with Gasteiger partial charge in [-0.3, -0.25) is 0 Å². The van der Waals surface area contributed by atoms with E-state index in [0.717, 1.165) is 17.6 Å². The van der Waals surface area contributed by atoms with Crippen LogP contribution in [0.15, 0.2) is 6.20 Å². The summed E-state index contributed by atoms with van der Waals surface area (Å²) in [5.41, 5.74) is 1.08. The third kappa shape index (κ3) is 3.75. The van der Waals surface area contributed by atoms with Gasteiger partial charge in [0.2, 0.25) is 5.95 Å². The van der Waals surface area contributed by atoms with E-state index in [1.165, 1.54) is 32.1 Å². The minimum Gasteiger partial charge on any atom is -0.383 e. The summed E-state index contributed by atoms with van der Waals surface area (Å²) in [5.74, 6) is 1.78. The minimum atomic E-state index is 0.277. The lowest BCUT2D eigenvalue weighted by molar-refractivity contribution is 0.189. The van der Waals surface area contributed by atoms with Gasteiger partial charge >= 0.3 is 0 Å². The van der Waals surface area contributed by atoms with Gasteiger partial charge in [-0.05, 0) is 39.5 Å². The summed E-state index contributed by atoms with van der Waals surface area (Å²) < 4.78 is 7.53. The molecular formula is C16H29N3O. The maximum atomic E-state index is 5.20. The summed E-state index contributed by atoms with van der Waals surface area (Å²) >= 11 is 0. The van der Waals surface area contributed by atoms with E-state index in [1.54, 1.807) is 7.11 Å². The molecule has 0 bridgehead atoms. The predicted octanol–water partition coefficient (Wildman–Crippen LogP) is 3.78. The van der Waals surface area contributed by atoms with E-state index in [0.29, 0.717) is 12.6 Å². The number of aryl methyl sites for hydroxylation is 1. The number of hydrogen-bond donors (Lipinski definition) is 1. The normalized spacial score (nSPS) is 19.8. The van der Waals surface area contributed by atoms with Crippen LogP contribution in [0.4, 0.5) is 5.95 Å². The van der Waals surface area contributed by atoms with Crippen LogP contribution in [-0.4, -0.2) is 29.3 Å². The third-order valence-corrected chi connectivity index (χ3v) is 4.42. The second kappa shape index (κ2) is 7.11. The summed E-state index contributed by atoms with van der Waals surface area (Å²) in [6.07, 6.45) is 9.05. The summed E-state index contributed by atoms with van der Waals surface area (Å²) in [7, 11) is 1.74. The minimum absolute atomic E-state index is 0.277. The molecule has 2 rings (SSSR count). The second-order valence-electron chi connectivity index (χ2n) is 6.25. The molecule has 0 aromatic carbocycles. The van der Waals surface area contributed by atoms with Crippen molar-refractivity contribution in [2.75, 3.05) is 19.0 Å². The van der Waals surface area contributed by atoms with E-state index in [2.05, 4.69) is 41.8 Å². The average molecular weight is 279 g/mol. The van der Waals surface area contributed by atoms with Crippen LogP contribution >= 0.6 is 0 Å². The van der Waals surface area contributed by atoms with Crippen LogP contribution < -0.4 is 5.32 Å². The molecule has 0 saturated heterocycles. The lowest BCUT2D eigenvalue weighted by Crippen LogP contribution is -2.26. The maximum Gasteiger partial charge on any atom is 0.203 e. The van der Waals surface area contributed by atoms with Crippen LogP contribution in [0.1, 0.15) is 57.7 Å². The van der Waals surface area contributed by atoms with Crippen molar-refractivity contribution in [3.8, 4) is 0 Å². The Labute approximate surface area is 122 Å². The third-order valence-electron chi connectivity index (χ3n) is 4.42. The largest absolute Gasteiger partial charge is 0.383 e. The quantitative estimate of drug-likeness (QED) is 0.861. The van der Waals surface area contributed by atoms with Crippen molar-refractivity contribution in [3.63, 3.8) is 0 Å². The number of anilines is 1. The first-order valence-electron chi connectivity index (χ1n) is 7.92. The monoisotopic (exact) mass is 279 g/mol. The van der Waals surface area contributed by atoms with E-state index in [1.807, 2.05) is 0 Å². The maximum absolute atomic E-state index is 5.20. The molecule has 2 atom stereocenters. The molecule has 1 heterocycles. The molecule has 1 aliphatic rings. The Bertz CT molecular complexity index is 410. The highest BCUT2D eigenvalue weighted by atomic mass is 16.5. The van der Waals surface area contributed by atoms with Crippen LogP contribution in [0, 0.1) is 12.8 Å². The molecule has 4 nitrogen and oxygen atoms in total. The molecule has 20 heavy (non-hydrogen) atoms. The number of nitrogens with zero attached hydrogens (tertiary/aromatic N) is 2. The Morgan fingerprint density at radius 1 is 1.35 bits per heavy atom. The summed E-state index contributed by atoms with van der Waals surface area (Å²) in [5, 5.41) is 3.48. The molecular weight excluding hydrogens is 250 g/mol. The number of aromatic nitrogens is 2. The first kappa shape index (κ1) is 15.4. The Hall–Kier alpha value is -1.03. The zero-order valence-electron chi connectivity index (χ0n) is 13.4. The zero-order chi connectivity index (χ0) is 14.5. The molecule has 1 aliphatic carbocycles. The number of methoxy groups -OCH3 is 1. The number of imidazole rings is 1. The van der Waals surface area contributed by atoms with Crippen molar-refractivity contribution < 1.29 is 4.74 Å². The molecule has 1 N–H and O–H groups in total. The number of hydrogen-bond acceptors (Lipinski definition) is 3. The van der Waals surface area contributed by atoms with Crippen LogP contribution in [0.2, 0.25) is 0 Å². The van der Waals surface area contributed by atoms with Crippen LogP contribution in [0.25, 0.3) is 0 Å². The molecule has 0 radical (unpaired) electrons. The average Bonchev–Trinajstić information content (AvgIpc) is 2.80. The zero-order valence-corrected chi connectivity index (χ0v) is 13.4. The van der Waals surface area contributed by atoms with Crippen molar-refractivity contribution in [2.24, 2.45) is 5.92 Å². The molecule has 4 heteroatoms. The number of nitrogens with one attached hydrogen (secondary N) is 1. The lowest BCUT2D eigenvalue weighted by atomic mass is 9.84. The Kier molecular flexibility index (Phi) is 5.46. The van der Waals surface area contributed by atoms with Crippen LogP contribution in [-0.2, 0) is 4.74 Å². The first-order valence-corrected chi connectivity index (χ1v) is 7.92. The molecule has 1 fully saturated rings. The van der Waals surface area contributed by atoms with Gasteiger partial charge in [-0.1, -0.05) is 19.3 Å². The smallest absolute Gasteiger partial charge is 0.203 e. The van der Waals surface area contributed by atoms with Gasteiger partial charge in [0.15, 0.2) is 0 Å². The summed E-state index contributed by atoms with van der Waals surface area (Å²) in [6, 6.07) is 0.799. The van der Waals surface area contributed by atoms with Crippen LogP contribution in [0.5, 0.6) is 0 Å². The van der Waals surface area contributed by atoms with E-state index < -0.39 is 0 Å². The second-order valence-corrected chi connectivity index (χ2v) is 6.25. The standard InChI is InChI=1S/C16H29N3O/c1-12-10-19(14(3)15-8-6-5-7-9-15)16(17-12)18-13(2)11-20-4/h10,13-15H,5-9,11H2,1-4H3,(H,17,18). The Morgan fingerprint density at radius 3 is 2.70 bits per heavy atom. The van der Waals surface area contributed by atoms with E-state index in [4.69, 9.17) is 4.74 Å². The van der Waals surface area contributed by atoms with Gasteiger partial charge in [-0.25, -0.2) is 4.98 Å². The lowest BCUT2D eigenvalue weighted by Gasteiger charge is -2.30. The summed E-state index contributed by atoms with van der Waals surface area (Å²) in [6.45, 7) is 7.23. The van der Waals surface area contributed by atoms with Gasteiger partial charge in [-0.15, -0.1) is 0 Å². The van der Waals surface area contributed by atoms with Crippen molar-refractivity contribution >= 4 is 5.95 Å². The van der Waals surface area contributed by atoms with Gasteiger partial charge in [0.25, 0.3) is 0 Å². The van der Waals surface area contributed by atoms with Gasteiger partial charge < -0.3 is 14.6 Å². The summed E-state index contributed by atoms with van der Waals surface area (Å²) in [4.78, 5) is 4.65. The van der Waals surface area contributed by atoms with Crippen molar-refractivity contribution in [1.29, 1.82) is 0 Å². The van der Waals surface area contributed by atoms with Crippen molar-refractivity contribution in [1.82, 2.24) is 9.55 Å². The molecule has 114 valence electrons. The SMILES string of the molecule is COCC(C)Nc1nc(C)cn1C(C)C1CCCCC1. The fraction of sp³-hybridized carbons (Fsp3) is 0.812. The molecule has 0 spiro atoms. The van der Waals surface area contributed by atoms with Gasteiger partial charge in [0.05, 0.1) is 12.3 Å². The molecule has 0 amide bonds. The highest BCUT2D eigenvalue weighted by molar-refractivity contribution is 5.31. The van der Waals surface area contributed by atoms with E-state index in [9.17, 15) is 0 Å². The van der Waals surface area contributed by atoms with Crippen molar-refractivity contribution in [3.05, 3.63) is 11.9 Å². The highest BCUT2D eigenvalue weighted by Crippen LogP contribution is 2.34. The topological polar surface area (TPSA) is 39.1 Å². The van der Waals surface area contributed by atoms with Gasteiger partial charge in [0.1, 0.15) is 0 Å². The Morgan fingerprint density at radius 2 is 2.05 bits per heavy atom. The molecule has 1 saturated carbocycles. The number of rotatable bonds is 6. The van der Waals surface area contributed by atoms with Gasteiger partial charge in [-0.2, -0.15) is 0 Å². The van der Waals surface area contributed by atoms with Gasteiger partial charge in [0, 0.05) is 25.4 Å². The number of ether oxygens (including phenoxy) is 1. The van der Waals surface area contributed by atoms with Crippen molar-refractivity contribution in [2.45, 2.75) is 65.0 Å². The predicted molar refractivity (Wildman–Crippen MR) is 83.2 cm³/mol.